The van der Waals surface area contributed by atoms with E-state index in [0.29, 0.717) is 15.0 Å². The van der Waals surface area contributed by atoms with E-state index in [4.69, 9.17) is 0 Å². The average Bonchev–Trinajstić information content (AvgIpc) is 2.17. The quantitative estimate of drug-likeness (QED) is 0.623. The van der Waals surface area contributed by atoms with Crippen molar-refractivity contribution in [3.63, 3.8) is 0 Å². The van der Waals surface area contributed by atoms with Gasteiger partial charge in [-0.3, -0.25) is 0 Å². The van der Waals surface area contributed by atoms with Gasteiger partial charge in [0.2, 0.25) is 0 Å². The molecule has 1 aromatic rings. The van der Waals surface area contributed by atoms with Gasteiger partial charge in [0.25, 0.3) is 0 Å². The summed E-state index contributed by atoms with van der Waals surface area (Å²) in [5.74, 6) is -1.93. The van der Waals surface area contributed by atoms with Crippen molar-refractivity contribution in [1.29, 1.82) is 0 Å². The molecule has 0 nitrogen and oxygen atoms in total. The van der Waals surface area contributed by atoms with Gasteiger partial charge in [0, 0.05) is 8.95 Å². The normalized spacial score (nSPS) is 14.4. The molecule has 0 aliphatic heterocycles. The van der Waals surface area contributed by atoms with Crippen LogP contribution in [0.5, 0.6) is 0 Å². The molecule has 0 bridgehead atoms. The van der Waals surface area contributed by atoms with E-state index >= 15 is 0 Å². The largest absolute Gasteiger partial charge is 0.399 e. The lowest BCUT2D eigenvalue weighted by molar-refractivity contribution is -0.139. The highest BCUT2D eigenvalue weighted by atomic mass is 79.9. The molecule has 88 valence electrons. The van der Waals surface area contributed by atoms with E-state index < -0.39 is 12.1 Å². The van der Waals surface area contributed by atoms with Crippen LogP contribution < -0.4 is 0 Å². The molecule has 0 amide bonds. The molecule has 1 rings (SSSR count). The third kappa shape index (κ3) is 3.31. The molecule has 16 heavy (non-hydrogen) atoms. The smallest absolute Gasteiger partial charge is 0.216 e. The van der Waals surface area contributed by atoms with E-state index in [1.54, 1.807) is 0 Å². The summed E-state index contributed by atoms with van der Waals surface area (Å²) in [5, 5.41) is 0. The summed E-state index contributed by atoms with van der Waals surface area (Å²) in [6, 6.07) is 4.08. The zero-order valence-electron chi connectivity index (χ0n) is 7.73. The molecule has 1 unspecified atom stereocenters. The number of allylic oxidation sites excluding steroid dienone is 1. The van der Waals surface area contributed by atoms with Crippen LogP contribution in [0.2, 0.25) is 0 Å². The Hall–Kier alpha value is -0.360. The van der Waals surface area contributed by atoms with Gasteiger partial charge in [-0.1, -0.05) is 6.07 Å². The molecule has 0 fully saturated rings. The van der Waals surface area contributed by atoms with Crippen LogP contribution in [-0.2, 0) is 0 Å². The lowest BCUT2D eigenvalue weighted by Gasteiger charge is -2.17. The van der Waals surface area contributed by atoms with Gasteiger partial charge in [0.1, 0.15) is 5.92 Å². The minimum Gasteiger partial charge on any atom is -0.216 e. The first kappa shape index (κ1) is 13.7. The topological polar surface area (TPSA) is 0 Å². The molecule has 0 aliphatic rings. The summed E-state index contributed by atoms with van der Waals surface area (Å²) < 4.78 is 50.8. The van der Waals surface area contributed by atoms with Crippen LogP contribution in [0.1, 0.15) is 11.5 Å². The van der Waals surface area contributed by atoms with Gasteiger partial charge < -0.3 is 0 Å². The number of rotatable bonds is 2. The maximum atomic E-state index is 12.6. The van der Waals surface area contributed by atoms with Gasteiger partial charge in [0.05, 0.1) is 6.33 Å². The van der Waals surface area contributed by atoms with Crippen LogP contribution in [0.15, 0.2) is 39.6 Å². The molecule has 1 atom stereocenters. The van der Waals surface area contributed by atoms with Crippen molar-refractivity contribution in [2.45, 2.75) is 12.1 Å². The van der Waals surface area contributed by atoms with Gasteiger partial charge in [-0.25, -0.2) is 4.39 Å². The highest BCUT2D eigenvalue weighted by molar-refractivity contribution is 9.13. The second kappa shape index (κ2) is 5.31. The van der Waals surface area contributed by atoms with E-state index in [1.165, 1.54) is 18.2 Å². The lowest BCUT2D eigenvalue weighted by Crippen LogP contribution is -2.18. The third-order valence-corrected chi connectivity index (χ3v) is 3.80. The van der Waals surface area contributed by atoms with Crippen molar-refractivity contribution in [1.82, 2.24) is 0 Å². The third-order valence-electron chi connectivity index (χ3n) is 1.92. The van der Waals surface area contributed by atoms with Crippen molar-refractivity contribution in [2.24, 2.45) is 0 Å². The first-order chi connectivity index (χ1) is 7.36. The SMILES string of the molecule is FC=CC(c1ccc(Br)c(Br)c1)C(F)(F)F. The van der Waals surface area contributed by atoms with Gasteiger partial charge in [0.15, 0.2) is 0 Å². The lowest BCUT2D eigenvalue weighted by atomic mass is 9.99. The number of halogens is 6. The summed E-state index contributed by atoms with van der Waals surface area (Å²) >= 11 is 6.25. The van der Waals surface area contributed by atoms with E-state index in [2.05, 4.69) is 31.9 Å². The van der Waals surface area contributed by atoms with E-state index in [-0.39, 0.29) is 11.9 Å². The second-order valence-corrected chi connectivity index (χ2v) is 4.72. The van der Waals surface area contributed by atoms with Crippen LogP contribution in [-0.4, -0.2) is 6.18 Å². The van der Waals surface area contributed by atoms with Crippen molar-refractivity contribution in [3.8, 4) is 0 Å². The van der Waals surface area contributed by atoms with Gasteiger partial charge in [-0.05, 0) is 55.6 Å². The maximum absolute atomic E-state index is 12.6. The Balaban J connectivity index is 3.17. The molecule has 6 heteroatoms. The zero-order valence-corrected chi connectivity index (χ0v) is 10.9. The Morgan fingerprint density at radius 2 is 1.75 bits per heavy atom. The molecular formula is C10H6Br2F4. The van der Waals surface area contributed by atoms with Crippen molar-refractivity contribution in [2.75, 3.05) is 0 Å². The number of hydrogen-bond donors (Lipinski definition) is 0. The predicted octanol–water partition coefficient (Wildman–Crippen LogP) is 5.34. The van der Waals surface area contributed by atoms with Crippen LogP contribution in [0.25, 0.3) is 0 Å². The van der Waals surface area contributed by atoms with E-state index in [0.717, 1.165) is 0 Å². The van der Waals surface area contributed by atoms with Crippen LogP contribution >= 0.6 is 31.9 Å². The Morgan fingerprint density at radius 3 is 2.19 bits per heavy atom. The monoisotopic (exact) mass is 360 g/mol. The summed E-state index contributed by atoms with van der Waals surface area (Å²) in [7, 11) is 0. The first-order valence-corrected chi connectivity index (χ1v) is 5.73. The fraction of sp³-hybridized carbons (Fsp3) is 0.200. The molecule has 1 aromatic carbocycles. The van der Waals surface area contributed by atoms with Crippen LogP contribution in [0, 0.1) is 0 Å². The molecule has 0 spiro atoms. The molecule has 0 saturated heterocycles. The van der Waals surface area contributed by atoms with Crippen LogP contribution in [0.3, 0.4) is 0 Å². The standard InChI is InChI=1S/C10H6Br2F4/c11-8-2-1-6(5-9(8)12)7(3-4-13)10(14,15)16/h1-5,7H. The molecule has 0 aliphatic carbocycles. The van der Waals surface area contributed by atoms with Crippen LogP contribution in [0.4, 0.5) is 17.6 Å². The predicted molar refractivity (Wildman–Crippen MR) is 60.9 cm³/mol. The summed E-state index contributed by atoms with van der Waals surface area (Å²) in [5.41, 5.74) is -0.0172. The molecule has 0 aromatic heterocycles. The zero-order chi connectivity index (χ0) is 12.3. The molecule has 0 radical (unpaired) electrons. The first-order valence-electron chi connectivity index (χ1n) is 4.15. The molecule has 0 saturated carbocycles. The van der Waals surface area contributed by atoms with E-state index in [1.807, 2.05) is 0 Å². The number of alkyl halides is 3. The molecular weight excluding hydrogens is 356 g/mol. The van der Waals surface area contributed by atoms with E-state index in [9.17, 15) is 17.6 Å². The molecule has 0 N–H and O–H groups in total. The van der Waals surface area contributed by atoms with Crippen molar-refractivity contribution < 1.29 is 17.6 Å². The minimum atomic E-state index is -4.50. The summed E-state index contributed by atoms with van der Waals surface area (Å²) in [6.45, 7) is 0. The second-order valence-electron chi connectivity index (χ2n) is 3.01. The summed E-state index contributed by atoms with van der Waals surface area (Å²) in [6.07, 6.45) is -4.11. The van der Waals surface area contributed by atoms with Gasteiger partial charge in [-0.15, -0.1) is 0 Å². The average molecular weight is 362 g/mol. The van der Waals surface area contributed by atoms with Crippen molar-refractivity contribution in [3.05, 3.63) is 45.1 Å². The fourth-order valence-corrected chi connectivity index (χ4v) is 1.83. The Bertz CT molecular complexity index is 398. The Labute approximate surface area is 107 Å². The highest BCUT2D eigenvalue weighted by Gasteiger charge is 2.39. The fourth-order valence-electron chi connectivity index (χ4n) is 1.19. The number of hydrogen-bond acceptors (Lipinski definition) is 0. The Morgan fingerprint density at radius 1 is 1.12 bits per heavy atom. The van der Waals surface area contributed by atoms with Crippen molar-refractivity contribution >= 4 is 31.9 Å². The highest BCUT2D eigenvalue weighted by Crippen LogP contribution is 2.38. The maximum Gasteiger partial charge on any atom is 0.399 e. The number of benzene rings is 1. The minimum absolute atomic E-state index is 0.0172. The molecule has 0 heterocycles. The Kier molecular flexibility index (Phi) is 4.55. The van der Waals surface area contributed by atoms with Gasteiger partial charge >= 0.3 is 6.18 Å². The van der Waals surface area contributed by atoms with Gasteiger partial charge in [-0.2, -0.15) is 13.2 Å². The summed E-state index contributed by atoms with van der Waals surface area (Å²) in [4.78, 5) is 0.